The van der Waals surface area contributed by atoms with E-state index in [9.17, 15) is 15.0 Å². The lowest BCUT2D eigenvalue weighted by molar-refractivity contribution is -0.139. The number of rotatable bonds is 6. The van der Waals surface area contributed by atoms with Crippen LogP contribution in [0.5, 0.6) is 0 Å². The third kappa shape index (κ3) is 6.62. The van der Waals surface area contributed by atoms with Crippen molar-refractivity contribution in [1.82, 2.24) is 9.80 Å². The Morgan fingerprint density at radius 3 is 2.30 bits per heavy atom. The van der Waals surface area contributed by atoms with Crippen LogP contribution in [-0.4, -0.2) is 70.3 Å². The number of aliphatic hydroxyl groups is 1. The first-order chi connectivity index (χ1) is 18.0. The van der Waals surface area contributed by atoms with Crippen molar-refractivity contribution in [3.8, 4) is 11.8 Å². The molecule has 2 aromatic carbocycles. The molecule has 2 saturated heterocycles. The second kappa shape index (κ2) is 11.8. The van der Waals surface area contributed by atoms with Gasteiger partial charge in [0.25, 0.3) is 0 Å². The number of carboxylic acid groups (broad SMARTS) is 1. The summed E-state index contributed by atoms with van der Waals surface area (Å²) in [7, 11) is 0. The van der Waals surface area contributed by atoms with E-state index in [-0.39, 0.29) is 12.3 Å². The van der Waals surface area contributed by atoms with Gasteiger partial charge in [0.05, 0.1) is 0 Å². The predicted molar refractivity (Wildman–Crippen MR) is 146 cm³/mol. The van der Waals surface area contributed by atoms with E-state index in [2.05, 4.69) is 52.0 Å². The minimum atomic E-state index is -0.918. The number of likely N-dealkylation sites (tertiary alicyclic amines) is 2. The molecule has 2 aliphatic heterocycles. The van der Waals surface area contributed by atoms with Gasteiger partial charge in [0.1, 0.15) is 5.60 Å². The molecule has 5 rings (SSSR count). The Bertz CT molecular complexity index is 1090. The summed E-state index contributed by atoms with van der Waals surface area (Å²) < 4.78 is 0. The predicted octanol–water partition coefficient (Wildman–Crippen LogP) is 4.61. The van der Waals surface area contributed by atoms with Crippen LogP contribution in [0, 0.1) is 23.7 Å². The van der Waals surface area contributed by atoms with Crippen LogP contribution < -0.4 is 0 Å². The number of hydrogen-bond acceptors (Lipinski definition) is 4. The van der Waals surface area contributed by atoms with Gasteiger partial charge < -0.3 is 15.1 Å². The maximum Gasteiger partial charge on any atom is 0.303 e. The molecule has 3 aliphatic rings. The van der Waals surface area contributed by atoms with Gasteiger partial charge in [-0.2, -0.15) is 0 Å². The Balaban J connectivity index is 1.25. The first-order valence-corrected chi connectivity index (χ1v) is 14.0. The summed E-state index contributed by atoms with van der Waals surface area (Å²) in [5, 5.41) is 20.6. The van der Waals surface area contributed by atoms with E-state index in [0.717, 1.165) is 57.5 Å². The van der Waals surface area contributed by atoms with E-state index in [0.29, 0.717) is 30.7 Å². The number of carbonyl (C=O) groups is 1. The van der Waals surface area contributed by atoms with Gasteiger partial charge >= 0.3 is 5.97 Å². The highest BCUT2D eigenvalue weighted by molar-refractivity contribution is 5.67. The summed E-state index contributed by atoms with van der Waals surface area (Å²) in [6.07, 6.45) is 6.12. The highest BCUT2D eigenvalue weighted by atomic mass is 16.4. The number of benzene rings is 2. The molecule has 0 spiro atoms. The summed E-state index contributed by atoms with van der Waals surface area (Å²) in [5.41, 5.74) is 1.42. The maximum atomic E-state index is 11.6. The van der Waals surface area contributed by atoms with Crippen molar-refractivity contribution in [3.05, 3.63) is 71.8 Å². The van der Waals surface area contributed by atoms with E-state index in [1.165, 1.54) is 12.0 Å². The van der Waals surface area contributed by atoms with Crippen LogP contribution in [0.2, 0.25) is 0 Å². The minimum absolute atomic E-state index is 0.259. The van der Waals surface area contributed by atoms with Gasteiger partial charge in [0.2, 0.25) is 0 Å². The normalized spacial score (nSPS) is 28.4. The molecule has 1 unspecified atom stereocenters. The number of carboxylic acids is 1. The molecule has 5 nitrogen and oxygen atoms in total. The Morgan fingerprint density at radius 2 is 1.59 bits per heavy atom. The molecule has 37 heavy (non-hydrogen) atoms. The van der Waals surface area contributed by atoms with Crippen LogP contribution in [0.15, 0.2) is 60.7 Å². The van der Waals surface area contributed by atoms with Crippen LogP contribution in [0.3, 0.4) is 0 Å². The fourth-order valence-electron chi connectivity index (χ4n) is 6.84. The van der Waals surface area contributed by atoms with Gasteiger partial charge in [-0.15, -0.1) is 0 Å². The quantitative estimate of drug-likeness (QED) is 0.567. The van der Waals surface area contributed by atoms with Gasteiger partial charge in [-0.05, 0) is 42.4 Å². The summed E-state index contributed by atoms with van der Waals surface area (Å²) in [5.74, 6) is 6.86. The van der Waals surface area contributed by atoms with Crippen LogP contribution in [0.4, 0.5) is 0 Å². The molecule has 5 heteroatoms. The van der Waals surface area contributed by atoms with E-state index in [1.54, 1.807) is 0 Å². The van der Waals surface area contributed by atoms with Crippen molar-refractivity contribution in [2.24, 2.45) is 11.8 Å². The summed E-state index contributed by atoms with van der Waals surface area (Å²) >= 11 is 0. The van der Waals surface area contributed by atoms with Crippen LogP contribution >= 0.6 is 0 Å². The first-order valence-electron chi connectivity index (χ1n) is 14.0. The summed E-state index contributed by atoms with van der Waals surface area (Å²) in [6, 6.07) is 21.1. The van der Waals surface area contributed by atoms with E-state index in [4.69, 9.17) is 0 Å². The third-order valence-electron chi connectivity index (χ3n) is 8.86. The van der Waals surface area contributed by atoms with Gasteiger partial charge in [0, 0.05) is 69.5 Å². The molecule has 2 heterocycles. The fraction of sp³-hybridized carbons (Fsp3) is 0.531. The zero-order chi connectivity index (χ0) is 25.7. The zero-order valence-corrected chi connectivity index (χ0v) is 21.8. The summed E-state index contributed by atoms with van der Waals surface area (Å²) in [4.78, 5) is 16.7. The molecular weight excluding hydrogens is 460 g/mol. The molecular formula is C32H40N2O3. The average molecular weight is 501 g/mol. The Labute approximate surface area is 221 Å². The lowest BCUT2D eigenvalue weighted by Crippen LogP contribution is -2.46. The minimum Gasteiger partial charge on any atom is -0.481 e. The van der Waals surface area contributed by atoms with Gasteiger partial charge in [-0.1, -0.05) is 73.2 Å². The van der Waals surface area contributed by atoms with Crippen molar-refractivity contribution in [3.63, 3.8) is 0 Å². The highest BCUT2D eigenvalue weighted by Crippen LogP contribution is 2.40. The molecule has 1 aliphatic carbocycles. The summed E-state index contributed by atoms with van der Waals surface area (Å²) in [6.45, 7) is 4.74. The van der Waals surface area contributed by atoms with Crippen LogP contribution in [0.1, 0.15) is 62.0 Å². The molecule has 0 bridgehead atoms. The molecule has 1 saturated carbocycles. The SMILES string of the molecule is O=C(O)CC1CCCC[C@H]1N1C[C@H](CN2CCC(O)(C#Cc3ccccc3)CC2)[C@@H](c2ccccc2)C1. The lowest BCUT2D eigenvalue weighted by atomic mass is 9.81. The number of hydrogen-bond donors (Lipinski definition) is 2. The van der Waals surface area contributed by atoms with E-state index in [1.807, 2.05) is 30.3 Å². The monoisotopic (exact) mass is 500 g/mol. The highest BCUT2D eigenvalue weighted by Gasteiger charge is 2.42. The van der Waals surface area contributed by atoms with Gasteiger partial charge in [-0.25, -0.2) is 0 Å². The second-order valence-corrected chi connectivity index (χ2v) is 11.4. The second-order valence-electron chi connectivity index (χ2n) is 11.4. The standard InChI is InChI=1S/C32H40N2O3/c35-31(36)21-27-13-7-8-14-30(27)34-23-28(29(24-34)26-11-5-2-6-12-26)22-33-19-17-32(37,18-20-33)16-15-25-9-3-1-4-10-25/h1-6,9-12,27-30,37H,7-8,13-14,17-24H2,(H,35,36)/t27?,28-,29+,30+/m0/s1. The number of nitrogens with zero attached hydrogens (tertiary/aromatic N) is 2. The van der Waals surface area contributed by atoms with Crippen molar-refractivity contribution >= 4 is 5.97 Å². The molecule has 0 amide bonds. The molecule has 0 radical (unpaired) electrons. The zero-order valence-electron chi connectivity index (χ0n) is 21.8. The topological polar surface area (TPSA) is 64.0 Å². The van der Waals surface area contributed by atoms with E-state index >= 15 is 0 Å². The Morgan fingerprint density at radius 1 is 0.919 bits per heavy atom. The average Bonchev–Trinajstić information content (AvgIpc) is 3.34. The Kier molecular flexibility index (Phi) is 8.30. The smallest absolute Gasteiger partial charge is 0.303 e. The van der Waals surface area contributed by atoms with Crippen molar-refractivity contribution < 1.29 is 15.0 Å². The molecule has 2 aromatic rings. The van der Waals surface area contributed by atoms with Crippen LogP contribution in [-0.2, 0) is 4.79 Å². The van der Waals surface area contributed by atoms with E-state index < -0.39 is 11.6 Å². The van der Waals surface area contributed by atoms with Gasteiger partial charge in [0.15, 0.2) is 0 Å². The first kappa shape index (κ1) is 26.0. The van der Waals surface area contributed by atoms with Crippen LogP contribution in [0.25, 0.3) is 0 Å². The molecule has 0 aromatic heterocycles. The third-order valence-corrected chi connectivity index (χ3v) is 8.86. The largest absolute Gasteiger partial charge is 0.481 e. The van der Waals surface area contributed by atoms with Gasteiger partial charge in [-0.3, -0.25) is 9.69 Å². The number of aliphatic carboxylic acids is 1. The number of piperidine rings is 1. The lowest BCUT2D eigenvalue weighted by Gasteiger charge is -2.38. The van der Waals surface area contributed by atoms with Crippen molar-refractivity contribution in [1.29, 1.82) is 0 Å². The Hall–Kier alpha value is -2.65. The molecule has 2 N–H and O–H groups in total. The fourth-order valence-corrected chi connectivity index (χ4v) is 6.84. The van der Waals surface area contributed by atoms with Crippen molar-refractivity contribution in [2.75, 3.05) is 32.7 Å². The molecule has 4 atom stereocenters. The molecule has 3 fully saturated rings. The maximum absolute atomic E-state index is 11.6. The van der Waals surface area contributed by atoms with Crippen molar-refractivity contribution in [2.45, 2.75) is 62.5 Å². The molecule has 196 valence electrons.